The van der Waals surface area contributed by atoms with Crippen molar-refractivity contribution in [3.8, 4) is 0 Å². The van der Waals surface area contributed by atoms with Crippen LogP contribution in [0.25, 0.3) is 0 Å². The monoisotopic (exact) mass is 386 g/mol. The Bertz CT molecular complexity index is 875. The number of nitrogens with zero attached hydrogens (tertiary/aromatic N) is 1. The van der Waals surface area contributed by atoms with Crippen LogP contribution in [0.4, 0.5) is 0 Å². The topological polar surface area (TPSA) is 58.6 Å². The van der Waals surface area contributed by atoms with Gasteiger partial charge >= 0.3 is 0 Å². The molecule has 2 atom stereocenters. The molecule has 2 fully saturated rings. The number of benzene rings is 2. The van der Waals surface area contributed by atoms with E-state index >= 15 is 0 Å². The van der Waals surface area contributed by atoms with Gasteiger partial charge in [-0.1, -0.05) is 48.0 Å². The summed E-state index contributed by atoms with van der Waals surface area (Å²) >= 11 is 0. The summed E-state index contributed by atoms with van der Waals surface area (Å²) in [6.07, 6.45) is 1.49. The summed E-state index contributed by atoms with van der Waals surface area (Å²) in [5.74, 6) is 0. The molecular formula is C21H26N2O3S. The van der Waals surface area contributed by atoms with Crippen molar-refractivity contribution in [2.75, 3.05) is 26.2 Å². The number of nitrogens with one attached hydrogen (secondary N) is 1. The SMILES string of the molecule is Cc1ccc(S(=O)(=O)N2C[C@@]3(CCNC3)OC[C@H]2Cc2ccccc2)cc1. The van der Waals surface area contributed by atoms with Gasteiger partial charge in [-0.2, -0.15) is 4.31 Å². The average molecular weight is 387 g/mol. The average Bonchev–Trinajstić information content (AvgIpc) is 3.12. The van der Waals surface area contributed by atoms with Gasteiger partial charge in [-0.3, -0.25) is 0 Å². The van der Waals surface area contributed by atoms with Crippen molar-refractivity contribution in [1.29, 1.82) is 0 Å². The molecule has 2 aromatic rings. The maximum atomic E-state index is 13.5. The van der Waals surface area contributed by atoms with Crippen molar-refractivity contribution >= 4 is 10.0 Å². The van der Waals surface area contributed by atoms with E-state index in [9.17, 15) is 8.42 Å². The standard InChI is InChI=1S/C21H26N2O3S/c1-17-7-9-20(10-8-17)27(24,25)23-16-21(11-12-22-15-21)26-14-19(23)13-18-5-3-2-4-6-18/h2-10,19,22H,11-16H2,1H3/t19-,21+/m1/s1. The molecule has 0 bridgehead atoms. The van der Waals surface area contributed by atoms with Crippen LogP contribution in [0, 0.1) is 6.92 Å². The lowest BCUT2D eigenvalue weighted by molar-refractivity contribution is -0.0985. The second-order valence-electron chi connectivity index (χ2n) is 7.63. The maximum absolute atomic E-state index is 13.5. The molecule has 2 aromatic carbocycles. The zero-order valence-electron chi connectivity index (χ0n) is 15.6. The molecule has 2 saturated heterocycles. The predicted molar refractivity (Wildman–Crippen MR) is 105 cm³/mol. The molecule has 0 aromatic heterocycles. The molecule has 0 amide bonds. The van der Waals surface area contributed by atoms with Crippen LogP contribution < -0.4 is 5.32 Å². The lowest BCUT2D eigenvalue weighted by atomic mass is 9.98. The Morgan fingerprint density at radius 2 is 1.89 bits per heavy atom. The summed E-state index contributed by atoms with van der Waals surface area (Å²) in [5, 5.41) is 3.32. The van der Waals surface area contributed by atoms with Crippen molar-refractivity contribution in [2.24, 2.45) is 0 Å². The van der Waals surface area contributed by atoms with E-state index in [-0.39, 0.29) is 6.04 Å². The molecular weight excluding hydrogens is 360 g/mol. The van der Waals surface area contributed by atoms with E-state index in [0.29, 0.717) is 31.0 Å². The second kappa shape index (κ2) is 7.36. The highest BCUT2D eigenvalue weighted by Gasteiger charge is 2.47. The maximum Gasteiger partial charge on any atom is 0.243 e. The van der Waals surface area contributed by atoms with Gasteiger partial charge in [0.1, 0.15) is 0 Å². The number of rotatable bonds is 4. The molecule has 2 aliphatic heterocycles. The molecule has 5 nitrogen and oxygen atoms in total. The third-order valence-electron chi connectivity index (χ3n) is 5.58. The van der Waals surface area contributed by atoms with Crippen LogP contribution in [0.2, 0.25) is 0 Å². The summed E-state index contributed by atoms with van der Waals surface area (Å²) in [6, 6.07) is 16.9. The first-order chi connectivity index (χ1) is 13.0. The van der Waals surface area contributed by atoms with Crippen LogP contribution in [0.5, 0.6) is 0 Å². The molecule has 2 heterocycles. The van der Waals surface area contributed by atoms with E-state index in [0.717, 1.165) is 24.1 Å². The van der Waals surface area contributed by atoms with Crippen LogP contribution in [0.3, 0.4) is 0 Å². The Kier molecular flexibility index (Phi) is 5.07. The normalized spacial score (nSPS) is 26.5. The number of morpholine rings is 1. The fraction of sp³-hybridized carbons (Fsp3) is 0.429. The van der Waals surface area contributed by atoms with E-state index < -0.39 is 15.6 Å². The molecule has 27 heavy (non-hydrogen) atoms. The van der Waals surface area contributed by atoms with E-state index in [1.807, 2.05) is 49.4 Å². The first-order valence-corrected chi connectivity index (χ1v) is 10.9. The number of aryl methyl sites for hydroxylation is 1. The van der Waals surface area contributed by atoms with Gasteiger partial charge in [0.25, 0.3) is 0 Å². The van der Waals surface area contributed by atoms with Crippen molar-refractivity contribution in [3.63, 3.8) is 0 Å². The smallest absolute Gasteiger partial charge is 0.243 e. The lowest BCUT2D eigenvalue weighted by Crippen LogP contribution is -2.59. The minimum Gasteiger partial charge on any atom is -0.371 e. The van der Waals surface area contributed by atoms with E-state index in [1.54, 1.807) is 16.4 Å². The van der Waals surface area contributed by atoms with E-state index in [2.05, 4.69) is 5.32 Å². The van der Waals surface area contributed by atoms with Gasteiger partial charge in [-0.05, 0) is 44.0 Å². The van der Waals surface area contributed by atoms with Crippen molar-refractivity contribution in [1.82, 2.24) is 9.62 Å². The van der Waals surface area contributed by atoms with Gasteiger partial charge in [-0.25, -0.2) is 8.42 Å². The van der Waals surface area contributed by atoms with Gasteiger partial charge in [-0.15, -0.1) is 0 Å². The van der Waals surface area contributed by atoms with Crippen LogP contribution in [-0.2, 0) is 21.2 Å². The Morgan fingerprint density at radius 1 is 1.15 bits per heavy atom. The summed E-state index contributed by atoms with van der Waals surface area (Å²) in [6.45, 7) is 4.34. The summed E-state index contributed by atoms with van der Waals surface area (Å²) in [4.78, 5) is 0.356. The Morgan fingerprint density at radius 3 is 2.56 bits per heavy atom. The van der Waals surface area contributed by atoms with Gasteiger partial charge in [0, 0.05) is 13.1 Å². The highest BCUT2D eigenvalue weighted by molar-refractivity contribution is 7.89. The van der Waals surface area contributed by atoms with Gasteiger partial charge in [0.2, 0.25) is 10.0 Å². The third kappa shape index (κ3) is 3.80. The highest BCUT2D eigenvalue weighted by atomic mass is 32.2. The van der Waals surface area contributed by atoms with Gasteiger partial charge in [0.15, 0.2) is 0 Å². The Labute approximate surface area is 161 Å². The number of hydrogen-bond acceptors (Lipinski definition) is 4. The van der Waals surface area contributed by atoms with Crippen molar-refractivity contribution < 1.29 is 13.2 Å². The van der Waals surface area contributed by atoms with Crippen LogP contribution >= 0.6 is 0 Å². The molecule has 1 N–H and O–H groups in total. The molecule has 0 unspecified atom stereocenters. The van der Waals surface area contributed by atoms with Crippen molar-refractivity contribution in [3.05, 3.63) is 65.7 Å². The second-order valence-corrected chi connectivity index (χ2v) is 9.52. The Balaban J connectivity index is 1.67. The van der Waals surface area contributed by atoms with E-state index in [1.165, 1.54) is 0 Å². The van der Waals surface area contributed by atoms with Gasteiger partial charge in [0.05, 0.1) is 23.1 Å². The van der Waals surface area contributed by atoms with Crippen LogP contribution in [0.15, 0.2) is 59.5 Å². The zero-order valence-corrected chi connectivity index (χ0v) is 16.4. The molecule has 0 saturated carbocycles. The molecule has 144 valence electrons. The first-order valence-electron chi connectivity index (χ1n) is 9.46. The van der Waals surface area contributed by atoms with E-state index in [4.69, 9.17) is 4.74 Å². The molecule has 4 rings (SSSR count). The Hall–Kier alpha value is -1.73. The molecule has 1 spiro atoms. The first kappa shape index (κ1) is 18.6. The fourth-order valence-corrected chi connectivity index (χ4v) is 5.65. The predicted octanol–water partition coefficient (Wildman–Crippen LogP) is 2.36. The molecule has 2 aliphatic rings. The minimum atomic E-state index is -3.59. The molecule has 6 heteroatoms. The number of ether oxygens (including phenoxy) is 1. The summed E-state index contributed by atoms with van der Waals surface area (Å²) in [7, 11) is -3.59. The number of sulfonamides is 1. The summed E-state index contributed by atoms with van der Waals surface area (Å²) < 4.78 is 34.9. The fourth-order valence-electron chi connectivity index (χ4n) is 3.97. The third-order valence-corrected chi connectivity index (χ3v) is 7.49. The number of hydrogen-bond donors (Lipinski definition) is 1. The minimum absolute atomic E-state index is 0.204. The zero-order chi connectivity index (χ0) is 18.9. The van der Waals surface area contributed by atoms with Gasteiger partial charge < -0.3 is 10.1 Å². The largest absolute Gasteiger partial charge is 0.371 e. The quantitative estimate of drug-likeness (QED) is 0.876. The molecule has 0 aliphatic carbocycles. The van der Waals surface area contributed by atoms with Crippen molar-refractivity contribution in [2.45, 2.75) is 36.3 Å². The lowest BCUT2D eigenvalue weighted by Gasteiger charge is -2.44. The molecule has 0 radical (unpaired) electrons. The summed E-state index contributed by atoms with van der Waals surface area (Å²) in [5.41, 5.74) is 1.76. The highest BCUT2D eigenvalue weighted by Crippen LogP contribution is 2.32. The van der Waals surface area contributed by atoms with Crippen LogP contribution in [0.1, 0.15) is 17.5 Å². The van der Waals surface area contributed by atoms with Crippen LogP contribution in [-0.4, -0.2) is 50.6 Å².